The second kappa shape index (κ2) is 7.14. The average molecular weight is 249 g/mol. The fraction of sp³-hybridized carbons (Fsp3) is 0.400. The van der Waals surface area contributed by atoms with Gasteiger partial charge in [-0.3, -0.25) is 4.79 Å². The summed E-state index contributed by atoms with van der Waals surface area (Å²) in [6.45, 7) is 1.99. The van der Waals surface area contributed by atoms with Crippen LogP contribution in [-0.2, 0) is 16.0 Å². The second-order valence-corrected chi connectivity index (χ2v) is 3.05. The molecule has 0 aliphatic carbocycles. The summed E-state index contributed by atoms with van der Waals surface area (Å²) in [5.41, 5.74) is 6.20. The van der Waals surface area contributed by atoms with Gasteiger partial charge in [-0.1, -0.05) is 0 Å². The maximum atomic E-state index is 12.7. The molecule has 1 heterocycles. The zero-order valence-electron chi connectivity index (χ0n) is 8.85. The van der Waals surface area contributed by atoms with E-state index in [2.05, 4.69) is 4.98 Å². The molecule has 0 bridgehead atoms. The lowest BCUT2D eigenvalue weighted by atomic mass is 10.1. The first kappa shape index (κ1) is 14.8. The lowest BCUT2D eigenvalue weighted by molar-refractivity contribution is -0.144. The van der Waals surface area contributed by atoms with Gasteiger partial charge in [-0.2, -0.15) is 4.39 Å². The monoisotopic (exact) mass is 248 g/mol. The highest BCUT2D eigenvalue weighted by molar-refractivity contribution is 5.85. The molecule has 2 N–H and O–H groups in total. The summed E-state index contributed by atoms with van der Waals surface area (Å²) in [5, 5.41) is 0. The smallest absolute Gasteiger partial charge is 0.323 e. The van der Waals surface area contributed by atoms with Gasteiger partial charge in [0.15, 0.2) is 0 Å². The predicted molar refractivity (Wildman–Crippen MR) is 59.8 cm³/mol. The Morgan fingerprint density at radius 1 is 1.69 bits per heavy atom. The van der Waals surface area contributed by atoms with Crippen molar-refractivity contribution in [2.24, 2.45) is 5.73 Å². The van der Waals surface area contributed by atoms with Gasteiger partial charge in [-0.15, -0.1) is 12.4 Å². The molecule has 90 valence electrons. The number of halogens is 2. The predicted octanol–water partition coefficient (Wildman–Crippen LogP) is 1.08. The largest absolute Gasteiger partial charge is 0.465 e. The number of pyridine rings is 1. The third-order valence-corrected chi connectivity index (χ3v) is 1.84. The van der Waals surface area contributed by atoms with E-state index in [1.54, 1.807) is 13.0 Å². The first-order valence-electron chi connectivity index (χ1n) is 4.66. The van der Waals surface area contributed by atoms with Gasteiger partial charge in [0.25, 0.3) is 0 Å². The lowest BCUT2D eigenvalue weighted by Crippen LogP contribution is -2.34. The first-order chi connectivity index (χ1) is 7.13. The van der Waals surface area contributed by atoms with Gasteiger partial charge in [-0.05, 0) is 31.0 Å². The Morgan fingerprint density at radius 2 is 2.38 bits per heavy atom. The van der Waals surface area contributed by atoms with Crippen molar-refractivity contribution in [3.63, 3.8) is 0 Å². The first-order valence-corrected chi connectivity index (χ1v) is 4.66. The average Bonchev–Trinajstić information content (AvgIpc) is 2.18. The highest BCUT2D eigenvalue weighted by Gasteiger charge is 2.15. The molecule has 0 fully saturated rings. The van der Waals surface area contributed by atoms with Crippen LogP contribution in [-0.4, -0.2) is 23.6 Å². The van der Waals surface area contributed by atoms with Gasteiger partial charge in [0.1, 0.15) is 6.04 Å². The lowest BCUT2D eigenvalue weighted by Gasteiger charge is -2.09. The number of esters is 1. The standard InChI is InChI=1S/C10H13FN2O2.ClH/c1-2-15-10(14)8(12)5-7-3-4-13-9(11)6-7;/h3-4,6,8H,2,5,12H2,1H3;1H. The SMILES string of the molecule is CCOC(=O)C(N)Cc1ccnc(F)c1.Cl. The number of carbonyl (C=O) groups is 1. The molecule has 1 aromatic heterocycles. The molecular formula is C10H14ClFN2O2. The van der Waals surface area contributed by atoms with Crippen LogP contribution in [0.2, 0.25) is 0 Å². The van der Waals surface area contributed by atoms with Gasteiger partial charge in [0.05, 0.1) is 6.61 Å². The minimum absolute atomic E-state index is 0. The molecule has 16 heavy (non-hydrogen) atoms. The Bertz CT molecular complexity index is 349. The van der Waals surface area contributed by atoms with Crippen LogP contribution in [0.3, 0.4) is 0 Å². The van der Waals surface area contributed by atoms with Crippen molar-refractivity contribution in [3.8, 4) is 0 Å². The quantitative estimate of drug-likeness (QED) is 0.640. The summed E-state index contributed by atoms with van der Waals surface area (Å²) in [4.78, 5) is 14.6. The third-order valence-electron chi connectivity index (χ3n) is 1.84. The summed E-state index contributed by atoms with van der Waals surface area (Å²) >= 11 is 0. The Kier molecular flexibility index (Phi) is 6.60. The number of aromatic nitrogens is 1. The maximum absolute atomic E-state index is 12.7. The van der Waals surface area contributed by atoms with E-state index in [9.17, 15) is 9.18 Å². The van der Waals surface area contributed by atoms with Crippen LogP contribution in [0.4, 0.5) is 4.39 Å². The molecule has 1 aromatic rings. The van der Waals surface area contributed by atoms with Crippen LogP contribution in [0, 0.1) is 5.95 Å². The fourth-order valence-electron chi connectivity index (χ4n) is 1.16. The minimum atomic E-state index is -0.758. The molecule has 1 atom stereocenters. The van der Waals surface area contributed by atoms with Crippen molar-refractivity contribution >= 4 is 18.4 Å². The molecule has 0 aliphatic heterocycles. The van der Waals surface area contributed by atoms with Gasteiger partial charge in [0.2, 0.25) is 5.95 Å². The molecule has 0 saturated carbocycles. The molecule has 4 nitrogen and oxygen atoms in total. The van der Waals surface area contributed by atoms with Gasteiger partial charge < -0.3 is 10.5 Å². The van der Waals surface area contributed by atoms with E-state index in [0.717, 1.165) is 0 Å². The fourth-order valence-corrected chi connectivity index (χ4v) is 1.16. The summed E-state index contributed by atoms with van der Waals surface area (Å²) in [6, 6.07) is 2.10. The van der Waals surface area contributed by atoms with E-state index >= 15 is 0 Å². The van der Waals surface area contributed by atoms with Crippen molar-refractivity contribution < 1.29 is 13.9 Å². The minimum Gasteiger partial charge on any atom is -0.465 e. The normalized spacial score (nSPS) is 11.4. The van der Waals surface area contributed by atoms with Gasteiger partial charge in [0, 0.05) is 6.20 Å². The molecule has 0 aromatic carbocycles. The van der Waals surface area contributed by atoms with Crippen molar-refractivity contribution in [2.45, 2.75) is 19.4 Å². The number of hydrogen-bond acceptors (Lipinski definition) is 4. The van der Waals surface area contributed by atoms with E-state index in [4.69, 9.17) is 10.5 Å². The van der Waals surface area contributed by atoms with Crippen molar-refractivity contribution in [2.75, 3.05) is 6.61 Å². The summed E-state index contributed by atoms with van der Waals surface area (Å²) < 4.78 is 17.4. The Hall–Kier alpha value is -1.20. The van der Waals surface area contributed by atoms with Crippen LogP contribution in [0.1, 0.15) is 12.5 Å². The highest BCUT2D eigenvalue weighted by Crippen LogP contribution is 2.04. The Morgan fingerprint density at radius 3 is 2.94 bits per heavy atom. The zero-order valence-corrected chi connectivity index (χ0v) is 9.67. The highest BCUT2D eigenvalue weighted by atomic mass is 35.5. The maximum Gasteiger partial charge on any atom is 0.323 e. The number of carbonyl (C=O) groups excluding carboxylic acids is 1. The molecule has 1 rings (SSSR count). The molecule has 0 aliphatic rings. The van der Waals surface area contributed by atoms with Gasteiger partial charge >= 0.3 is 5.97 Å². The number of nitrogens with zero attached hydrogens (tertiary/aromatic N) is 1. The van der Waals surface area contributed by atoms with Crippen molar-refractivity contribution in [1.82, 2.24) is 4.98 Å². The Balaban J connectivity index is 0.00000225. The number of hydrogen-bond donors (Lipinski definition) is 1. The zero-order chi connectivity index (χ0) is 11.3. The molecular weight excluding hydrogens is 235 g/mol. The molecule has 0 spiro atoms. The van der Waals surface area contributed by atoms with Crippen LogP contribution in [0.25, 0.3) is 0 Å². The second-order valence-electron chi connectivity index (χ2n) is 3.05. The molecule has 1 unspecified atom stereocenters. The van der Waals surface area contributed by atoms with E-state index in [1.807, 2.05) is 0 Å². The van der Waals surface area contributed by atoms with Crippen LogP contribution in [0.15, 0.2) is 18.3 Å². The van der Waals surface area contributed by atoms with E-state index in [0.29, 0.717) is 5.56 Å². The summed E-state index contributed by atoms with van der Waals surface area (Å²) in [6.07, 6.45) is 1.58. The number of ether oxygens (including phenoxy) is 1. The van der Waals surface area contributed by atoms with E-state index < -0.39 is 18.0 Å². The third kappa shape index (κ3) is 4.55. The number of nitrogens with two attached hydrogens (primary N) is 1. The van der Waals surface area contributed by atoms with E-state index in [-0.39, 0.29) is 25.4 Å². The van der Waals surface area contributed by atoms with E-state index in [1.165, 1.54) is 12.3 Å². The molecule has 6 heteroatoms. The Labute approximate surface area is 99.4 Å². The topological polar surface area (TPSA) is 65.2 Å². The van der Waals surface area contributed by atoms with Crippen LogP contribution < -0.4 is 5.73 Å². The summed E-state index contributed by atoms with van der Waals surface area (Å²) in [7, 11) is 0. The summed E-state index contributed by atoms with van der Waals surface area (Å²) in [5.74, 6) is -1.06. The van der Waals surface area contributed by atoms with Gasteiger partial charge in [-0.25, -0.2) is 4.98 Å². The van der Waals surface area contributed by atoms with Crippen molar-refractivity contribution in [1.29, 1.82) is 0 Å². The molecule has 0 saturated heterocycles. The number of rotatable bonds is 4. The van der Waals surface area contributed by atoms with Crippen molar-refractivity contribution in [3.05, 3.63) is 29.8 Å². The molecule has 0 amide bonds. The molecule has 0 radical (unpaired) electrons. The van der Waals surface area contributed by atoms with Crippen LogP contribution in [0.5, 0.6) is 0 Å². The van der Waals surface area contributed by atoms with Crippen LogP contribution >= 0.6 is 12.4 Å².